The Bertz CT molecular complexity index is 986. The highest BCUT2D eigenvalue weighted by Crippen LogP contribution is 2.35. The first-order chi connectivity index (χ1) is 14.4. The van der Waals surface area contributed by atoms with E-state index in [1.165, 1.54) is 33.1 Å². The van der Waals surface area contributed by atoms with E-state index in [9.17, 15) is 9.59 Å². The standard InChI is InChI=1S/C24H29N3O2S/c1-16(2)15-27-23(28)21(20-9-6-14-30-20)22(24(27)29)26-12-10-25(11-13-26)19-8-5-7-17(3)18(19)4/h5-9,14,16H,10-13,15H2,1-4H3. The highest BCUT2D eigenvalue weighted by molar-refractivity contribution is 7.11. The lowest BCUT2D eigenvalue weighted by molar-refractivity contribution is -0.138. The molecule has 0 radical (unpaired) electrons. The SMILES string of the molecule is Cc1cccc(N2CCN(C3=C(c4cccs4)C(=O)N(CC(C)C)C3=O)CC2)c1C. The number of rotatable bonds is 5. The summed E-state index contributed by atoms with van der Waals surface area (Å²) in [4.78, 5) is 33.3. The Balaban J connectivity index is 1.61. The first-order valence-electron chi connectivity index (χ1n) is 10.6. The van der Waals surface area contributed by atoms with E-state index in [0.717, 1.165) is 31.1 Å². The molecule has 2 amide bonds. The number of aryl methyl sites for hydroxylation is 1. The highest BCUT2D eigenvalue weighted by Gasteiger charge is 2.42. The van der Waals surface area contributed by atoms with Gasteiger partial charge in [0.1, 0.15) is 5.70 Å². The lowest BCUT2D eigenvalue weighted by Gasteiger charge is -2.38. The summed E-state index contributed by atoms with van der Waals surface area (Å²) in [6, 6.07) is 10.3. The second-order valence-electron chi connectivity index (χ2n) is 8.51. The Labute approximate surface area is 182 Å². The van der Waals surface area contributed by atoms with Crippen molar-refractivity contribution in [3.8, 4) is 0 Å². The predicted octanol–water partition coefficient (Wildman–Crippen LogP) is 3.92. The molecule has 0 spiro atoms. The minimum Gasteiger partial charge on any atom is -0.368 e. The highest BCUT2D eigenvalue weighted by atomic mass is 32.1. The molecule has 3 heterocycles. The molecule has 2 aliphatic heterocycles. The first-order valence-corrected chi connectivity index (χ1v) is 11.5. The molecule has 0 saturated carbocycles. The number of amides is 2. The number of thiophene rings is 1. The van der Waals surface area contributed by atoms with Crippen molar-refractivity contribution in [2.24, 2.45) is 5.92 Å². The summed E-state index contributed by atoms with van der Waals surface area (Å²) < 4.78 is 0. The number of nitrogens with zero attached hydrogens (tertiary/aromatic N) is 3. The molecule has 0 N–H and O–H groups in total. The number of carbonyl (C=O) groups excluding carboxylic acids is 2. The van der Waals surface area contributed by atoms with Gasteiger partial charge in [0.2, 0.25) is 0 Å². The molecule has 1 saturated heterocycles. The molecule has 1 aromatic heterocycles. The average molecular weight is 424 g/mol. The zero-order valence-electron chi connectivity index (χ0n) is 18.1. The summed E-state index contributed by atoms with van der Waals surface area (Å²) >= 11 is 1.52. The quantitative estimate of drug-likeness (QED) is 0.684. The summed E-state index contributed by atoms with van der Waals surface area (Å²) in [5.41, 5.74) is 5.02. The van der Waals surface area contributed by atoms with Gasteiger partial charge in [0, 0.05) is 43.3 Å². The van der Waals surface area contributed by atoms with Crippen LogP contribution >= 0.6 is 11.3 Å². The Morgan fingerprint density at radius 1 is 0.933 bits per heavy atom. The maximum absolute atomic E-state index is 13.3. The van der Waals surface area contributed by atoms with Crippen molar-refractivity contribution in [1.82, 2.24) is 9.80 Å². The Morgan fingerprint density at radius 2 is 1.63 bits per heavy atom. The van der Waals surface area contributed by atoms with Gasteiger partial charge in [0.05, 0.1) is 5.57 Å². The van der Waals surface area contributed by atoms with Crippen LogP contribution in [0.1, 0.15) is 29.9 Å². The molecule has 6 heteroatoms. The van der Waals surface area contributed by atoms with Gasteiger partial charge < -0.3 is 9.80 Å². The van der Waals surface area contributed by atoms with E-state index >= 15 is 0 Å². The molecule has 30 heavy (non-hydrogen) atoms. The van der Waals surface area contributed by atoms with Crippen molar-refractivity contribution in [3.63, 3.8) is 0 Å². The van der Waals surface area contributed by atoms with Crippen molar-refractivity contribution in [1.29, 1.82) is 0 Å². The van der Waals surface area contributed by atoms with Crippen LogP contribution in [0, 0.1) is 19.8 Å². The van der Waals surface area contributed by atoms with E-state index in [1.54, 1.807) is 0 Å². The molecular formula is C24H29N3O2S. The van der Waals surface area contributed by atoms with Gasteiger partial charge >= 0.3 is 0 Å². The second-order valence-corrected chi connectivity index (χ2v) is 9.46. The minimum absolute atomic E-state index is 0.141. The van der Waals surface area contributed by atoms with Crippen molar-refractivity contribution in [2.75, 3.05) is 37.6 Å². The van der Waals surface area contributed by atoms with Crippen LogP contribution in [0.2, 0.25) is 0 Å². The minimum atomic E-state index is -0.150. The van der Waals surface area contributed by atoms with Crippen LogP contribution in [0.5, 0.6) is 0 Å². The van der Waals surface area contributed by atoms with Gasteiger partial charge in [0.25, 0.3) is 11.8 Å². The molecule has 1 fully saturated rings. The number of carbonyl (C=O) groups is 2. The average Bonchev–Trinajstić information content (AvgIpc) is 3.32. The zero-order chi connectivity index (χ0) is 21.4. The maximum Gasteiger partial charge on any atom is 0.277 e. The summed E-state index contributed by atoms with van der Waals surface area (Å²) in [6.45, 7) is 11.9. The van der Waals surface area contributed by atoms with Gasteiger partial charge in [0.15, 0.2) is 0 Å². The van der Waals surface area contributed by atoms with Crippen LogP contribution in [-0.4, -0.2) is 54.3 Å². The van der Waals surface area contributed by atoms with Crippen LogP contribution in [0.15, 0.2) is 41.4 Å². The Morgan fingerprint density at radius 3 is 2.27 bits per heavy atom. The fourth-order valence-electron chi connectivity index (χ4n) is 4.28. The fraction of sp³-hybridized carbons (Fsp3) is 0.417. The van der Waals surface area contributed by atoms with Gasteiger partial charge in [-0.25, -0.2) is 0 Å². The number of anilines is 1. The number of imide groups is 1. The fourth-order valence-corrected chi connectivity index (χ4v) is 5.04. The van der Waals surface area contributed by atoms with E-state index in [0.29, 0.717) is 17.8 Å². The molecule has 0 atom stereocenters. The third kappa shape index (κ3) is 3.65. The summed E-state index contributed by atoms with van der Waals surface area (Å²) in [5, 5.41) is 1.96. The topological polar surface area (TPSA) is 43.9 Å². The van der Waals surface area contributed by atoms with E-state index in [4.69, 9.17) is 0 Å². The van der Waals surface area contributed by atoms with Gasteiger partial charge in [-0.1, -0.05) is 32.0 Å². The predicted molar refractivity (Wildman–Crippen MR) is 122 cm³/mol. The van der Waals surface area contributed by atoms with Crippen molar-refractivity contribution in [3.05, 3.63) is 57.4 Å². The van der Waals surface area contributed by atoms with Crippen LogP contribution in [-0.2, 0) is 9.59 Å². The van der Waals surface area contributed by atoms with Crippen molar-refractivity contribution in [2.45, 2.75) is 27.7 Å². The molecule has 1 aromatic carbocycles. The Kier molecular flexibility index (Phi) is 5.69. The van der Waals surface area contributed by atoms with Crippen molar-refractivity contribution >= 4 is 34.4 Å². The molecule has 158 valence electrons. The Hall–Kier alpha value is -2.60. The van der Waals surface area contributed by atoms with Crippen LogP contribution in [0.25, 0.3) is 5.57 Å². The molecule has 2 aliphatic rings. The van der Waals surface area contributed by atoms with E-state index in [-0.39, 0.29) is 17.7 Å². The van der Waals surface area contributed by atoms with E-state index < -0.39 is 0 Å². The first kappa shape index (κ1) is 20.7. The van der Waals surface area contributed by atoms with Crippen molar-refractivity contribution < 1.29 is 9.59 Å². The third-order valence-electron chi connectivity index (χ3n) is 5.97. The van der Waals surface area contributed by atoms with Crippen LogP contribution in [0.4, 0.5) is 5.69 Å². The molecular weight excluding hydrogens is 394 g/mol. The van der Waals surface area contributed by atoms with Gasteiger partial charge in [-0.3, -0.25) is 14.5 Å². The monoisotopic (exact) mass is 423 g/mol. The van der Waals surface area contributed by atoms with Gasteiger partial charge in [-0.05, 0) is 48.4 Å². The number of hydrogen-bond acceptors (Lipinski definition) is 5. The molecule has 0 bridgehead atoms. The summed E-state index contributed by atoms with van der Waals surface area (Å²) in [6.07, 6.45) is 0. The number of benzene rings is 1. The third-order valence-corrected chi connectivity index (χ3v) is 6.86. The van der Waals surface area contributed by atoms with Gasteiger partial charge in [-0.2, -0.15) is 0 Å². The molecule has 4 rings (SSSR count). The lowest BCUT2D eigenvalue weighted by atomic mass is 10.1. The second kappa shape index (κ2) is 8.26. The lowest BCUT2D eigenvalue weighted by Crippen LogP contribution is -2.48. The largest absolute Gasteiger partial charge is 0.368 e. The van der Waals surface area contributed by atoms with Gasteiger partial charge in [-0.15, -0.1) is 11.3 Å². The smallest absolute Gasteiger partial charge is 0.277 e. The van der Waals surface area contributed by atoms with Crippen LogP contribution < -0.4 is 4.90 Å². The summed E-state index contributed by atoms with van der Waals surface area (Å²) in [7, 11) is 0. The zero-order valence-corrected chi connectivity index (χ0v) is 19.0. The molecule has 5 nitrogen and oxygen atoms in total. The number of hydrogen-bond donors (Lipinski definition) is 0. The van der Waals surface area contributed by atoms with E-state index in [1.807, 2.05) is 31.4 Å². The molecule has 0 aliphatic carbocycles. The molecule has 2 aromatic rings. The van der Waals surface area contributed by atoms with E-state index in [2.05, 4.69) is 41.8 Å². The maximum atomic E-state index is 13.3. The van der Waals surface area contributed by atoms with Crippen LogP contribution in [0.3, 0.4) is 0 Å². The normalized spacial score (nSPS) is 17.7. The summed E-state index contributed by atoms with van der Waals surface area (Å²) in [5.74, 6) is -0.0524. The number of piperazine rings is 1. The molecule has 0 unspecified atom stereocenters.